The minimum Gasteiger partial charge on any atom is -0.354 e. The van der Waals surface area contributed by atoms with Crippen LogP contribution in [0, 0.1) is 5.92 Å². The molecule has 0 saturated heterocycles. The zero-order chi connectivity index (χ0) is 12.8. The van der Waals surface area contributed by atoms with Crippen LogP contribution in [0.15, 0.2) is 0 Å². The van der Waals surface area contributed by atoms with Crippen LogP contribution in [-0.4, -0.2) is 35.6 Å². The monoisotopic (exact) mass is 239 g/mol. The molecule has 0 aromatic carbocycles. The fraction of sp³-hybridized carbons (Fsp3) is 0.700. The van der Waals surface area contributed by atoms with Gasteiger partial charge in [0.25, 0.3) is 0 Å². The highest BCUT2D eigenvalue weighted by Gasteiger charge is 2.07. The van der Waals surface area contributed by atoms with E-state index in [4.69, 9.17) is 5.84 Å². The van der Waals surface area contributed by atoms with Crippen molar-refractivity contribution in [2.24, 2.45) is 11.8 Å². The van der Waals surface area contributed by atoms with Gasteiger partial charge >= 0.3 is 0 Å². The molecule has 96 valence electrons. The minimum atomic E-state index is 0.357. The first kappa shape index (κ1) is 13.4. The van der Waals surface area contributed by atoms with Crippen molar-refractivity contribution >= 4 is 17.8 Å². The summed E-state index contributed by atoms with van der Waals surface area (Å²) < 4.78 is 0. The molecule has 1 rings (SSSR count). The second-order valence-electron chi connectivity index (χ2n) is 4.22. The molecule has 7 nitrogen and oxygen atoms in total. The van der Waals surface area contributed by atoms with Crippen molar-refractivity contribution in [1.82, 2.24) is 15.0 Å². The van der Waals surface area contributed by atoms with Gasteiger partial charge in [-0.25, -0.2) is 5.84 Å². The Labute approximate surface area is 102 Å². The highest BCUT2D eigenvalue weighted by atomic mass is 15.4. The van der Waals surface area contributed by atoms with Crippen LogP contribution in [0.3, 0.4) is 0 Å². The predicted octanol–water partition coefficient (Wildman–Crippen LogP) is 0.681. The minimum absolute atomic E-state index is 0.357. The second kappa shape index (κ2) is 6.19. The number of hydrazine groups is 1. The molecule has 7 heteroatoms. The van der Waals surface area contributed by atoms with Crippen LogP contribution in [0.2, 0.25) is 0 Å². The van der Waals surface area contributed by atoms with Gasteiger partial charge in [0.1, 0.15) is 0 Å². The van der Waals surface area contributed by atoms with Crippen LogP contribution in [-0.2, 0) is 0 Å². The van der Waals surface area contributed by atoms with Crippen molar-refractivity contribution in [1.29, 1.82) is 0 Å². The van der Waals surface area contributed by atoms with E-state index in [0.29, 0.717) is 23.8 Å². The van der Waals surface area contributed by atoms with Crippen molar-refractivity contribution < 1.29 is 0 Å². The first-order chi connectivity index (χ1) is 8.06. The summed E-state index contributed by atoms with van der Waals surface area (Å²) in [7, 11) is 3.74. The van der Waals surface area contributed by atoms with Crippen molar-refractivity contribution in [2.75, 3.05) is 36.3 Å². The van der Waals surface area contributed by atoms with E-state index in [0.717, 1.165) is 13.0 Å². The second-order valence-corrected chi connectivity index (χ2v) is 4.22. The van der Waals surface area contributed by atoms with Gasteiger partial charge in [-0.2, -0.15) is 15.0 Å². The predicted molar refractivity (Wildman–Crippen MR) is 69.9 cm³/mol. The van der Waals surface area contributed by atoms with E-state index < -0.39 is 0 Å². The summed E-state index contributed by atoms with van der Waals surface area (Å²) in [5, 5.41) is 3.18. The summed E-state index contributed by atoms with van der Waals surface area (Å²) in [6.45, 7) is 5.15. The smallest absolute Gasteiger partial charge is 0.243 e. The van der Waals surface area contributed by atoms with Crippen molar-refractivity contribution in [3.8, 4) is 0 Å². The van der Waals surface area contributed by atoms with E-state index in [1.54, 1.807) is 4.90 Å². The lowest BCUT2D eigenvalue weighted by atomic mass is 10.1. The Morgan fingerprint density at radius 2 is 1.88 bits per heavy atom. The van der Waals surface area contributed by atoms with Crippen molar-refractivity contribution in [3.63, 3.8) is 0 Å². The lowest BCUT2D eigenvalue weighted by molar-refractivity contribution is 0.591. The highest BCUT2D eigenvalue weighted by molar-refractivity contribution is 5.42. The first-order valence-electron chi connectivity index (χ1n) is 5.70. The van der Waals surface area contributed by atoms with E-state index in [-0.39, 0.29) is 0 Å². The Kier molecular flexibility index (Phi) is 4.89. The lowest BCUT2D eigenvalue weighted by Crippen LogP contribution is -2.20. The number of hydrogen-bond donors (Lipinski definition) is 3. The summed E-state index contributed by atoms with van der Waals surface area (Å²) in [6, 6.07) is 0. The standard InChI is InChI=1S/C10H21N7/c1-5-7(2)6-12-8-13-9(16-11)15-10(14-8)17(3)4/h7H,5-6,11H2,1-4H3,(H2,12,13,14,15,16). The van der Waals surface area contributed by atoms with E-state index in [1.807, 2.05) is 14.1 Å². The van der Waals surface area contributed by atoms with Crippen LogP contribution in [0.1, 0.15) is 20.3 Å². The molecule has 0 spiro atoms. The molecule has 1 aromatic heterocycles. The topological polar surface area (TPSA) is 92.0 Å². The molecule has 1 atom stereocenters. The fourth-order valence-electron chi connectivity index (χ4n) is 1.12. The molecule has 0 aliphatic rings. The van der Waals surface area contributed by atoms with Crippen LogP contribution in [0.4, 0.5) is 17.8 Å². The number of nitrogen functional groups attached to an aromatic ring is 1. The number of anilines is 3. The van der Waals surface area contributed by atoms with Crippen molar-refractivity contribution in [3.05, 3.63) is 0 Å². The fourth-order valence-corrected chi connectivity index (χ4v) is 1.12. The lowest BCUT2D eigenvalue weighted by Gasteiger charge is -2.14. The molecular weight excluding hydrogens is 218 g/mol. The average Bonchev–Trinajstić information content (AvgIpc) is 2.35. The molecule has 0 aliphatic heterocycles. The number of nitrogens with two attached hydrogens (primary N) is 1. The highest BCUT2D eigenvalue weighted by Crippen LogP contribution is 2.11. The Morgan fingerprint density at radius 3 is 2.41 bits per heavy atom. The molecule has 0 saturated carbocycles. The summed E-state index contributed by atoms with van der Waals surface area (Å²) in [5.41, 5.74) is 2.44. The van der Waals surface area contributed by atoms with Gasteiger partial charge in [-0.05, 0) is 5.92 Å². The van der Waals surface area contributed by atoms with Gasteiger partial charge in [0.2, 0.25) is 17.8 Å². The number of hydrogen-bond acceptors (Lipinski definition) is 7. The summed E-state index contributed by atoms with van der Waals surface area (Å²) in [6.07, 6.45) is 1.11. The third-order valence-electron chi connectivity index (χ3n) is 2.46. The van der Waals surface area contributed by atoms with Gasteiger partial charge in [-0.3, -0.25) is 5.43 Å². The zero-order valence-electron chi connectivity index (χ0n) is 10.9. The Bertz CT molecular complexity index is 353. The molecule has 1 unspecified atom stereocenters. The Hall–Kier alpha value is -1.63. The van der Waals surface area contributed by atoms with E-state index in [1.165, 1.54) is 0 Å². The molecule has 1 aromatic rings. The normalized spacial score (nSPS) is 12.1. The number of nitrogens with zero attached hydrogens (tertiary/aromatic N) is 4. The molecule has 0 amide bonds. The molecule has 0 aliphatic carbocycles. The molecule has 1 heterocycles. The van der Waals surface area contributed by atoms with Crippen LogP contribution in [0.5, 0.6) is 0 Å². The maximum Gasteiger partial charge on any atom is 0.243 e. The van der Waals surface area contributed by atoms with Gasteiger partial charge < -0.3 is 10.2 Å². The molecule has 0 fully saturated rings. The maximum absolute atomic E-state index is 5.32. The summed E-state index contributed by atoms with van der Waals surface area (Å²) in [5.74, 6) is 7.36. The zero-order valence-corrected chi connectivity index (χ0v) is 10.9. The van der Waals surface area contributed by atoms with Gasteiger partial charge in [0.15, 0.2) is 0 Å². The number of aromatic nitrogens is 3. The van der Waals surface area contributed by atoms with Crippen LogP contribution < -0.4 is 21.5 Å². The van der Waals surface area contributed by atoms with Gasteiger partial charge in [-0.1, -0.05) is 20.3 Å². The largest absolute Gasteiger partial charge is 0.354 e. The number of rotatable bonds is 6. The molecule has 0 bridgehead atoms. The van der Waals surface area contributed by atoms with Gasteiger partial charge in [0, 0.05) is 20.6 Å². The van der Waals surface area contributed by atoms with Crippen LogP contribution in [0.25, 0.3) is 0 Å². The molecule has 17 heavy (non-hydrogen) atoms. The average molecular weight is 239 g/mol. The van der Waals surface area contributed by atoms with Crippen molar-refractivity contribution in [2.45, 2.75) is 20.3 Å². The molecule has 4 N–H and O–H groups in total. The third kappa shape index (κ3) is 4.03. The Balaban J connectivity index is 2.80. The van der Waals surface area contributed by atoms with Gasteiger partial charge in [-0.15, -0.1) is 0 Å². The van der Waals surface area contributed by atoms with E-state index >= 15 is 0 Å². The summed E-state index contributed by atoms with van der Waals surface area (Å²) in [4.78, 5) is 14.4. The molecular formula is C10H21N7. The van der Waals surface area contributed by atoms with E-state index in [2.05, 4.69) is 39.5 Å². The SMILES string of the molecule is CCC(C)CNc1nc(NN)nc(N(C)C)n1. The maximum atomic E-state index is 5.32. The van der Waals surface area contributed by atoms with E-state index in [9.17, 15) is 0 Å². The Morgan fingerprint density at radius 1 is 1.24 bits per heavy atom. The van der Waals surface area contributed by atoms with Gasteiger partial charge in [0.05, 0.1) is 0 Å². The number of nitrogens with one attached hydrogen (secondary N) is 2. The van der Waals surface area contributed by atoms with Crippen LogP contribution >= 0.6 is 0 Å². The first-order valence-corrected chi connectivity index (χ1v) is 5.70. The molecule has 0 radical (unpaired) electrons. The summed E-state index contributed by atoms with van der Waals surface area (Å²) >= 11 is 0. The quantitative estimate of drug-likeness (QED) is 0.496. The third-order valence-corrected chi connectivity index (χ3v) is 2.46.